The van der Waals surface area contributed by atoms with E-state index in [1.54, 1.807) is 0 Å². The number of carbonyl (C=O) groups is 1. The van der Waals surface area contributed by atoms with Gasteiger partial charge in [-0.3, -0.25) is 4.79 Å². The van der Waals surface area contributed by atoms with E-state index in [1.807, 2.05) is 37.3 Å². The highest BCUT2D eigenvalue weighted by atomic mass is 16.5. The molecule has 1 aliphatic rings. The maximum atomic E-state index is 12.1. The molecule has 0 aromatic heterocycles. The molecule has 1 fully saturated rings. The molecule has 2 atom stereocenters. The van der Waals surface area contributed by atoms with Crippen molar-refractivity contribution in [3.8, 4) is 5.75 Å². The largest absolute Gasteiger partial charge is 0.481 e. The third kappa shape index (κ3) is 3.95. The van der Waals surface area contributed by atoms with Gasteiger partial charge in [-0.15, -0.1) is 0 Å². The smallest absolute Gasteiger partial charge is 0.261 e. The van der Waals surface area contributed by atoms with Gasteiger partial charge in [0.2, 0.25) is 0 Å². The zero-order valence-electron chi connectivity index (χ0n) is 11.7. The van der Waals surface area contributed by atoms with Gasteiger partial charge in [-0.05, 0) is 18.6 Å². The van der Waals surface area contributed by atoms with Gasteiger partial charge >= 0.3 is 0 Å². The minimum atomic E-state index is -0.944. The lowest BCUT2D eigenvalue weighted by molar-refractivity contribution is -0.129. The maximum Gasteiger partial charge on any atom is 0.261 e. The van der Waals surface area contributed by atoms with Crippen LogP contribution in [-0.4, -0.2) is 42.5 Å². The summed E-state index contributed by atoms with van der Waals surface area (Å²) in [6.07, 6.45) is 0.558. The van der Waals surface area contributed by atoms with Crippen LogP contribution in [0.25, 0.3) is 0 Å². The monoisotopic (exact) mass is 279 g/mol. The average molecular weight is 279 g/mol. The Morgan fingerprint density at radius 1 is 1.50 bits per heavy atom. The summed E-state index contributed by atoms with van der Waals surface area (Å²) in [6, 6.07) is 9.24. The van der Waals surface area contributed by atoms with Crippen molar-refractivity contribution in [2.45, 2.75) is 31.5 Å². The van der Waals surface area contributed by atoms with Crippen molar-refractivity contribution < 1.29 is 19.4 Å². The van der Waals surface area contributed by atoms with E-state index < -0.39 is 11.7 Å². The van der Waals surface area contributed by atoms with Gasteiger partial charge in [-0.1, -0.05) is 25.1 Å². The number of ether oxygens (including phenoxy) is 2. The Kier molecular flexibility index (Phi) is 4.98. The molecule has 2 N–H and O–H groups in total. The molecule has 2 rings (SSSR count). The lowest BCUT2D eigenvalue weighted by atomic mass is 10.0. The van der Waals surface area contributed by atoms with E-state index in [1.165, 1.54) is 0 Å². The standard InChI is InChI=1S/C15H21NO4/c1-2-13(20-12-6-4-3-5-7-12)14(17)16-10-15(18)8-9-19-11-15/h3-7,13,18H,2,8-11H2,1H3,(H,16,17). The van der Waals surface area contributed by atoms with Crippen LogP contribution >= 0.6 is 0 Å². The van der Waals surface area contributed by atoms with Crippen LogP contribution in [0, 0.1) is 0 Å². The second-order valence-corrected chi connectivity index (χ2v) is 5.07. The van der Waals surface area contributed by atoms with Crippen molar-refractivity contribution in [2.24, 2.45) is 0 Å². The normalized spacial score (nSPS) is 23.3. The molecule has 0 aliphatic carbocycles. The summed E-state index contributed by atoms with van der Waals surface area (Å²) in [4.78, 5) is 12.1. The number of para-hydroxylation sites is 1. The van der Waals surface area contributed by atoms with Crippen LogP contribution in [0.1, 0.15) is 19.8 Å². The molecule has 0 bridgehead atoms. The summed E-state index contributed by atoms with van der Waals surface area (Å²) in [6.45, 7) is 2.88. The fourth-order valence-electron chi connectivity index (χ4n) is 2.09. The van der Waals surface area contributed by atoms with E-state index in [-0.39, 0.29) is 19.1 Å². The molecule has 1 aromatic carbocycles. The van der Waals surface area contributed by atoms with Crippen molar-refractivity contribution in [1.29, 1.82) is 0 Å². The molecular weight excluding hydrogens is 258 g/mol. The molecule has 110 valence electrons. The molecular formula is C15H21NO4. The molecule has 0 spiro atoms. The zero-order chi connectivity index (χ0) is 14.4. The fraction of sp³-hybridized carbons (Fsp3) is 0.533. The van der Waals surface area contributed by atoms with E-state index in [4.69, 9.17) is 9.47 Å². The second kappa shape index (κ2) is 6.72. The van der Waals surface area contributed by atoms with Crippen LogP contribution in [0.4, 0.5) is 0 Å². The fourth-order valence-corrected chi connectivity index (χ4v) is 2.09. The first-order valence-corrected chi connectivity index (χ1v) is 6.92. The number of benzene rings is 1. The molecule has 5 nitrogen and oxygen atoms in total. The van der Waals surface area contributed by atoms with Crippen LogP contribution in [0.2, 0.25) is 0 Å². The Balaban J connectivity index is 1.85. The first kappa shape index (κ1) is 14.8. The quantitative estimate of drug-likeness (QED) is 0.818. The Morgan fingerprint density at radius 2 is 2.25 bits per heavy atom. The van der Waals surface area contributed by atoms with E-state index in [9.17, 15) is 9.90 Å². The topological polar surface area (TPSA) is 67.8 Å². The van der Waals surface area contributed by atoms with E-state index in [2.05, 4.69) is 5.32 Å². The second-order valence-electron chi connectivity index (χ2n) is 5.07. The lowest BCUT2D eigenvalue weighted by Gasteiger charge is -2.23. The third-order valence-corrected chi connectivity index (χ3v) is 3.36. The number of hydrogen-bond acceptors (Lipinski definition) is 4. The van der Waals surface area contributed by atoms with Crippen molar-refractivity contribution in [2.75, 3.05) is 19.8 Å². The van der Waals surface area contributed by atoms with E-state index in [0.29, 0.717) is 25.2 Å². The van der Waals surface area contributed by atoms with Crippen molar-refractivity contribution >= 4 is 5.91 Å². The molecule has 0 saturated carbocycles. The number of carbonyl (C=O) groups excluding carboxylic acids is 1. The molecule has 0 radical (unpaired) electrons. The summed E-state index contributed by atoms with van der Waals surface area (Å²) in [5, 5.41) is 12.8. The van der Waals surface area contributed by atoms with Crippen molar-refractivity contribution in [1.82, 2.24) is 5.32 Å². The highest BCUT2D eigenvalue weighted by Crippen LogP contribution is 2.17. The lowest BCUT2D eigenvalue weighted by Crippen LogP contribution is -2.47. The van der Waals surface area contributed by atoms with Gasteiger partial charge < -0.3 is 19.9 Å². The first-order chi connectivity index (χ1) is 9.63. The maximum absolute atomic E-state index is 12.1. The summed E-state index contributed by atoms with van der Waals surface area (Å²) >= 11 is 0. The minimum absolute atomic E-state index is 0.195. The molecule has 2 unspecified atom stereocenters. The van der Waals surface area contributed by atoms with Gasteiger partial charge in [-0.25, -0.2) is 0 Å². The number of amides is 1. The highest BCUT2D eigenvalue weighted by molar-refractivity contribution is 5.81. The predicted molar refractivity (Wildman–Crippen MR) is 74.5 cm³/mol. The zero-order valence-corrected chi connectivity index (χ0v) is 11.7. The summed E-state index contributed by atoms with van der Waals surface area (Å²) in [5.74, 6) is 0.453. The van der Waals surface area contributed by atoms with Crippen LogP contribution in [0.5, 0.6) is 5.75 Å². The van der Waals surface area contributed by atoms with E-state index in [0.717, 1.165) is 0 Å². The summed E-state index contributed by atoms with van der Waals surface area (Å²) in [7, 11) is 0. The Hall–Kier alpha value is -1.59. The number of hydrogen-bond donors (Lipinski definition) is 2. The van der Waals surface area contributed by atoms with Crippen LogP contribution in [-0.2, 0) is 9.53 Å². The number of aliphatic hydroxyl groups is 1. The molecule has 1 aromatic rings. The van der Waals surface area contributed by atoms with Gasteiger partial charge in [0.25, 0.3) is 5.91 Å². The molecule has 1 saturated heterocycles. The van der Waals surface area contributed by atoms with Crippen molar-refractivity contribution in [3.05, 3.63) is 30.3 Å². The van der Waals surface area contributed by atoms with Gasteiger partial charge in [0.05, 0.1) is 6.61 Å². The van der Waals surface area contributed by atoms with Gasteiger partial charge in [0.15, 0.2) is 6.10 Å². The van der Waals surface area contributed by atoms with E-state index >= 15 is 0 Å². The average Bonchev–Trinajstić information content (AvgIpc) is 2.91. The van der Waals surface area contributed by atoms with Crippen LogP contribution < -0.4 is 10.1 Å². The molecule has 1 aliphatic heterocycles. The van der Waals surface area contributed by atoms with Gasteiger partial charge in [0.1, 0.15) is 11.4 Å². The number of rotatable bonds is 6. The Labute approximate surface area is 118 Å². The van der Waals surface area contributed by atoms with Crippen LogP contribution in [0.3, 0.4) is 0 Å². The van der Waals surface area contributed by atoms with Gasteiger partial charge in [0, 0.05) is 19.6 Å². The predicted octanol–water partition coefficient (Wildman–Crippen LogP) is 1.11. The van der Waals surface area contributed by atoms with Crippen LogP contribution in [0.15, 0.2) is 30.3 Å². The highest BCUT2D eigenvalue weighted by Gasteiger charge is 2.33. The summed E-state index contributed by atoms with van der Waals surface area (Å²) in [5.41, 5.74) is -0.944. The molecule has 5 heteroatoms. The van der Waals surface area contributed by atoms with Gasteiger partial charge in [-0.2, -0.15) is 0 Å². The Bertz CT molecular complexity index is 429. The molecule has 20 heavy (non-hydrogen) atoms. The number of nitrogens with one attached hydrogen (secondary N) is 1. The Morgan fingerprint density at radius 3 is 2.85 bits per heavy atom. The molecule has 1 heterocycles. The summed E-state index contributed by atoms with van der Waals surface area (Å²) < 4.78 is 10.8. The molecule has 1 amide bonds. The van der Waals surface area contributed by atoms with Crippen molar-refractivity contribution in [3.63, 3.8) is 0 Å². The first-order valence-electron chi connectivity index (χ1n) is 6.92. The minimum Gasteiger partial charge on any atom is -0.481 e. The SMILES string of the molecule is CCC(Oc1ccccc1)C(=O)NCC1(O)CCOC1. The third-order valence-electron chi connectivity index (χ3n) is 3.36.